The molecule has 4 aromatic rings. The number of fused-ring (bicyclic) bond motifs is 2. The third-order valence-electron chi connectivity index (χ3n) is 4.89. The summed E-state index contributed by atoms with van der Waals surface area (Å²) in [5.41, 5.74) is 8.00. The molecule has 28 heavy (non-hydrogen) atoms. The molecule has 2 aromatic heterocycles. The second-order valence-electron chi connectivity index (χ2n) is 6.98. The normalized spacial score (nSPS) is 11.5. The molecule has 0 unspecified atom stereocenters. The summed E-state index contributed by atoms with van der Waals surface area (Å²) in [5, 5.41) is 6.40. The van der Waals surface area contributed by atoms with E-state index in [-0.39, 0.29) is 5.91 Å². The number of benzene rings is 2. The van der Waals surface area contributed by atoms with Crippen molar-refractivity contribution in [1.29, 1.82) is 0 Å². The first-order valence-electron chi connectivity index (χ1n) is 9.33. The molecule has 1 amide bonds. The van der Waals surface area contributed by atoms with E-state index in [9.17, 15) is 4.79 Å². The number of pyridine rings is 1. The molecule has 2 heterocycles. The molecule has 2 aromatic carbocycles. The minimum absolute atomic E-state index is 0.106. The highest BCUT2D eigenvalue weighted by molar-refractivity contribution is 5.91. The van der Waals surface area contributed by atoms with Gasteiger partial charge in [-0.15, -0.1) is 0 Å². The fourth-order valence-electron chi connectivity index (χ4n) is 3.55. The Morgan fingerprint density at radius 3 is 2.89 bits per heavy atom. The van der Waals surface area contributed by atoms with Crippen molar-refractivity contribution in [2.45, 2.75) is 26.8 Å². The van der Waals surface area contributed by atoms with Gasteiger partial charge in [-0.25, -0.2) is 5.43 Å². The maximum absolute atomic E-state index is 12.2. The minimum atomic E-state index is -0.106. The summed E-state index contributed by atoms with van der Waals surface area (Å²) in [6.45, 7) is 4.73. The number of nitrogens with zero attached hydrogens (tertiary/aromatic N) is 3. The summed E-state index contributed by atoms with van der Waals surface area (Å²) in [5.74, 6) is -0.106. The Balaban J connectivity index is 1.39. The van der Waals surface area contributed by atoms with Crippen molar-refractivity contribution in [2.24, 2.45) is 5.10 Å². The molecule has 0 atom stereocenters. The topological polar surface area (TPSA) is 59.3 Å². The molecule has 0 saturated carbocycles. The molecule has 0 aliphatic rings. The van der Waals surface area contributed by atoms with E-state index in [4.69, 9.17) is 0 Å². The van der Waals surface area contributed by atoms with Crippen LogP contribution in [-0.2, 0) is 11.3 Å². The Hall–Kier alpha value is -3.47. The first kappa shape index (κ1) is 17.9. The number of para-hydroxylation sites is 1. The first-order chi connectivity index (χ1) is 13.6. The van der Waals surface area contributed by atoms with Gasteiger partial charge >= 0.3 is 0 Å². The molecule has 0 bridgehead atoms. The largest absolute Gasteiger partial charge is 0.347 e. The lowest BCUT2D eigenvalue weighted by Gasteiger charge is -2.05. The summed E-state index contributed by atoms with van der Waals surface area (Å²) < 4.78 is 2.12. The number of carbonyl (C=O) groups excluding carboxylic acids is 1. The van der Waals surface area contributed by atoms with Gasteiger partial charge in [-0.3, -0.25) is 9.78 Å². The number of aryl methyl sites for hydroxylation is 3. The zero-order valence-corrected chi connectivity index (χ0v) is 16.0. The summed E-state index contributed by atoms with van der Waals surface area (Å²) >= 11 is 0. The van der Waals surface area contributed by atoms with Gasteiger partial charge in [0, 0.05) is 41.6 Å². The summed E-state index contributed by atoms with van der Waals surface area (Å²) in [7, 11) is 0. The number of hydrogen-bond acceptors (Lipinski definition) is 3. The summed E-state index contributed by atoms with van der Waals surface area (Å²) in [4.78, 5) is 16.6. The van der Waals surface area contributed by atoms with Crippen molar-refractivity contribution in [3.8, 4) is 0 Å². The van der Waals surface area contributed by atoms with Crippen molar-refractivity contribution < 1.29 is 4.79 Å². The van der Waals surface area contributed by atoms with Gasteiger partial charge in [-0.2, -0.15) is 5.10 Å². The molecule has 140 valence electrons. The maximum atomic E-state index is 12.2. The molecule has 0 aliphatic heterocycles. The highest BCUT2D eigenvalue weighted by Gasteiger charge is 2.07. The second kappa shape index (κ2) is 7.64. The van der Waals surface area contributed by atoms with E-state index in [1.165, 1.54) is 10.9 Å². The number of carbonyl (C=O) groups is 1. The number of amides is 1. The monoisotopic (exact) mass is 370 g/mol. The number of aromatic nitrogens is 2. The molecule has 5 nitrogen and oxygen atoms in total. The van der Waals surface area contributed by atoms with Gasteiger partial charge < -0.3 is 4.57 Å². The Kier molecular flexibility index (Phi) is 4.89. The fraction of sp³-hybridized carbons (Fsp3) is 0.174. The molecule has 1 N–H and O–H groups in total. The SMILES string of the molecule is Cc1cn(CCC(=O)NN=Cc2cc(C)c3ncccc3c2)c2ccccc12. The highest BCUT2D eigenvalue weighted by atomic mass is 16.2. The van der Waals surface area contributed by atoms with Crippen LogP contribution in [0.1, 0.15) is 23.1 Å². The zero-order chi connectivity index (χ0) is 19.5. The molecule has 0 fully saturated rings. The van der Waals surface area contributed by atoms with Gasteiger partial charge in [-0.05, 0) is 54.8 Å². The van der Waals surface area contributed by atoms with Gasteiger partial charge in [0.15, 0.2) is 0 Å². The van der Waals surface area contributed by atoms with Gasteiger partial charge in [0.2, 0.25) is 5.91 Å². The molecule has 0 aliphatic carbocycles. The van der Waals surface area contributed by atoms with Crippen molar-refractivity contribution >= 4 is 33.9 Å². The Morgan fingerprint density at radius 2 is 2.00 bits per heavy atom. The molecule has 0 radical (unpaired) electrons. The highest BCUT2D eigenvalue weighted by Crippen LogP contribution is 2.20. The lowest BCUT2D eigenvalue weighted by atomic mass is 10.1. The Labute approximate surface area is 163 Å². The average Bonchev–Trinajstić information content (AvgIpc) is 3.03. The van der Waals surface area contributed by atoms with Crippen LogP contribution in [0.3, 0.4) is 0 Å². The first-order valence-corrected chi connectivity index (χ1v) is 9.33. The van der Waals surface area contributed by atoms with Gasteiger partial charge in [0.1, 0.15) is 0 Å². The van der Waals surface area contributed by atoms with Gasteiger partial charge in [0.05, 0.1) is 11.7 Å². The summed E-state index contributed by atoms with van der Waals surface area (Å²) in [6, 6.07) is 16.2. The smallest absolute Gasteiger partial charge is 0.241 e. The van der Waals surface area contributed by atoms with Crippen LogP contribution in [0, 0.1) is 13.8 Å². The molecular formula is C23H22N4O. The van der Waals surface area contributed by atoms with Crippen molar-refractivity contribution in [3.63, 3.8) is 0 Å². The van der Waals surface area contributed by atoms with Crippen LogP contribution in [-0.4, -0.2) is 21.7 Å². The van der Waals surface area contributed by atoms with Crippen molar-refractivity contribution in [1.82, 2.24) is 15.0 Å². The molecular weight excluding hydrogens is 348 g/mol. The van der Waals surface area contributed by atoms with E-state index in [2.05, 4.69) is 45.3 Å². The van der Waals surface area contributed by atoms with E-state index >= 15 is 0 Å². The third kappa shape index (κ3) is 3.64. The number of rotatable bonds is 5. The summed E-state index contributed by atoms with van der Waals surface area (Å²) in [6.07, 6.45) is 5.93. The minimum Gasteiger partial charge on any atom is -0.347 e. The second-order valence-corrected chi connectivity index (χ2v) is 6.98. The van der Waals surface area contributed by atoms with Crippen LogP contribution < -0.4 is 5.43 Å². The van der Waals surface area contributed by atoms with Crippen molar-refractivity contribution in [2.75, 3.05) is 0 Å². The van der Waals surface area contributed by atoms with Gasteiger partial charge in [-0.1, -0.05) is 24.3 Å². The fourth-order valence-corrected chi connectivity index (χ4v) is 3.55. The van der Waals surface area contributed by atoms with Crippen molar-refractivity contribution in [3.05, 3.63) is 77.6 Å². The molecule has 4 rings (SSSR count). The van der Waals surface area contributed by atoms with Crippen LogP contribution in [0.25, 0.3) is 21.8 Å². The van der Waals surface area contributed by atoms with E-state index in [0.29, 0.717) is 13.0 Å². The lowest BCUT2D eigenvalue weighted by molar-refractivity contribution is -0.121. The Morgan fingerprint density at radius 1 is 1.14 bits per heavy atom. The zero-order valence-electron chi connectivity index (χ0n) is 16.0. The van der Waals surface area contributed by atoms with Gasteiger partial charge in [0.25, 0.3) is 0 Å². The van der Waals surface area contributed by atoms with Crippen LogP contribution in [0.5, 0.6) is 0 Å². The van der Waals surface area contributed by atoms with E-state index < -0.39 is 0 Å². The predicted octanol–water partition coefficient (Wildman–Crippen LogP) is 4.35. The number of hydrogen-bond donors (Lipinski definition) is 1. The molecule has 0 spiro atoms. The van der Waals surface area contributed by atoms with Crippen LogP contribution in [0.2, 0.25) is 0 Å². The van der Waals surface area contributed by atoms with E-state index in [1.807, 2.05) is 43.3 Å². The maximum Gasteiger partial charge on any atom is 0.241 e. The average molecular weight is 370 g/mol. The number of nitrogens with one attached hydrogen (secondary N) is 1. The van der Waals surface area contributed by atoms with Crippen LogP contribution in [0.4, 0.5) is 0 Å². The standard InChI is InChI=1S/C23H22N4O/c1-16-12-18(13-19-6-5-10-24-23(16)19)14-25-26-22(28)9-11-27-15-17(2)20-7-3-4-8-21(20)27/h3-8,10,12-15H,9,11H2,1-2H3,(H,26,28). The quantitative estimate of drug-likeness (QED) is 0.419. The predicted molar refractivity (Wildman–Crippen MR) is 114 cm³/mol. The lowest BCUT2D eigenvalue weighted by Crippen LogP contribution is -2.19. The van der Waals surface area contributed by atoms with Crippen LogP contribution in [0.15, 0.2) is 66.0 Å². The number of hydrazone groups is 1. The third-order valence-corrected chi connectivity index (χ3v) is 4.89. The molecule has 0 saturated heterocycles. The van der Waals surface area contributed by atoms with E-state index in [0.717, 1.165) is 27.5 Å². The van der Waals surface area contributed by atoms with Crippen LogP contribution >= 0.6 is 0 Å². The Bertz CT molecular complexity index is 1190. The molecule has 5 heteroatoms. The van der Waals surface area contributed by atoms with E-state index in [1.54, 1.807) is 12.4 Å².